The molecule has 0 spiro atoms. The van der Waals surface area contributed by atoms with Gasteiger partial charge >= 0.3 is 11.9 Å². The average Bonchev–Trinajstić information content (AvgIpc) is 3.60. The molecule has 2 fully saturated rings. The molecule has 35 heavy (non-hydrogen) atoms. The summed E-state index contributed by atoms with van der Waals surface area (Å²) >= 11 is 0. The highest BCUT2D eigenvalue weighted by Gasteiger charge is 2.42. The molecule has 2 saturated carbocycles. The van der Waals surface area contributed by atoms with E-state index in [1.165, 1.54) is 38.2 Å². The number of hydrogen-bond acceptors (Lipinski definition) is 7. The van der Waals surface area contributed by atoms with Crippen molar-refractivity contribution in [1.82, 2.24) is 10.6 Å². The van der Waals surface area contributed by atoms with Crippen LogP contribution in [-0.4, -0.2) is 47.0 Å². The van der Waals surface area contributed by atoms with Crippen LogP contribution in [0, 0.1) is 0 Å². The average molecular weight is 489 g/mol. The lowest BCUT2D eigenvalue weighted by Crippen LogP contribution is -2.56. The second-order valence-electron chi connectivity index (χ2n) is 9.01. The number of rotatable bonds is 6. The fraction of sp³-hybridized carbons (Fsp3) is 0.520. The number of furan rings is 2. The minimum Gasteiger partial charge on any atom is -0.480 e. The molecule has 0 aliphatic heterocycles. The van der Waals surface area contributed by atoms with Crippen LogP contribution in [0.15, 0.2) is 46.0 Å². The number of carbonyl (C=O) groups excluding carboxylic acids is 3. The van der Waals surface area contributed by atoms with Gasteiger partial charge in [0.05, 0.1) is 30.8 Å². The third-order valence-electron chi connectivity index (χ3n) is 6.67. The lowest BCUT2D eigenvalue weighted by Gasteiger charge is -2.35. The molecule has 4 rings (SSSR count). The van der Waals surface area contributed by atoms with Gasteiger partial charge in [-0.1, -0.05) is 38.5 Å². The van der Waals surface area contributed by atoms with Gasteiger partial charge in [-0.15, -0.1) is 0 Å². The summed E-state index contributed by atoms with van der Waals surface area (Å²) in [6.45, 7) is 0. The van der Waals surface area contributed by atoms with E-state index in [2.05, 4.69) is 10.6 Å². The van der Waals surface area contributed by atoms with Gasteiger partial charge in [0.1, 0.15) is 23.6 Å². The Labute approximate surface area is 203 Å². The van der Waals surface area contributed by atoms with Gasteiger partial charge in [-0.3, -0.25) is 9.59 Å². The van der Waals surface area contributed by atoms with E-state index in [0.29, 0.717) is 36.8 Å². The van der Waals surface area contributed by atoms with E-state index >= 15 is 0 Å². The Balaban J connectivity index is 0.000000196. The zero-order chi connectivity index (χ0) is 25.3. The minimum atomic E-state index is -1.10. The van der Waals surface area contributed by atoms with Crippen molar-refractivity contribution in [3.05, 3.63) is 48.3 Å². The summed E-state index contributed by atoms with van der Waals surface area (Å²) in [5.74, 6) is -1.99. The standard InChI is InChI=1S/C13H17NO4.C12H15NO4/c1-17-12(16)13(6-3-2-4-7-13)14-11(15)10-5-8-18-9-10;14-10(9-4-7-17-8-9)13-12(11(15)16)5-2-1-3-6-12/h5,8-9H,2-4,6-7H2,1H3,(H,14,15);4,7-8H,1-3,5-6H2,(H,13,14)(H,15,16). The van der Waals surface area contributed by atoms with Crippen molar-refractivity contribution in [2.45, 2.75) is 75.3 Å². The van der Waals surface area contributed by atoms with Crippen molar-refractivity contribution < 1.29 is 37.9 Å². The molecule has 0 saturated heterocycles. The molecule has 0 radical (unpaired) electrons. The van der Waals surface area contributed by atoms with Crippen LogP contribution >= 0.6 is 0 Å². The first-order valence-electron chi connectivity index (χ1n) is 11.8. The second-order valence-corrected chi connectivity index (χ2v) is 9.01. The van der Waals surface area contributed by atoms with Crippen LogP contribution in [0.3, 0.4) is 0 Å². The fourth-order valence-corrected chi connectivity index (χ4v) is 4.64. The fourth-order valence-electron chi connectivity index (χ4n) is 4.64. The molecular formula is C25H32N2O8. The molecule has 2 aromatic heterocycles. The monoisotopic (exact) mass is 488 g/mol. The van der Waals surface area contributed by atoms with Crippen LogP contribution in [-0.2, 0) is 14.3 Å². The molecule has 2 aliphatic rings. The van der Waals surface area contributed by atoms with E-state index in [1.807, 2.05) is 0 Å². The predicted molar refractivity (Wildman–Crippen MR) is 124 cm³/mol. The maximum atomic E-state index is 12.0. The molecule has 0 bridgehead atoms. The van der Waals surface area contributed by atoms with Gasteiger partial charge in [-0.25, -0.2) is 9.59 Å². The Hall–Kier alpha value is -3.56. The number of carbonyl (C=O) groups is 4. The van der Waals surface area contributed by atoms with Gasteiger partial charge < -0.3 is 29.3 Å². The van der Waals surface area contributed by atoms with E-state index in [9.17, 15) is 24.3 Å². The number of methoxy groups -OCH3 is 1. The highest BCUT2D eigenvalue weighted by atomic mass is 16.5. The van der Waals surface area contributed by atoms with Crippen LogP contribution < -0.4 is 10.6 Å². The van der Waals surface area contributed by atoms with Gasteiger partial charge in [0.15, 0.2) is 0 Å². The van der Waals surface area contributed by atoms with Gasteiger partial charge in [-0.2, -0.15) is 0 Å². The number of nitrogens with one attached hydrogen (secondary N) is 2. The molecule has 0 unspecified atom stereocenters. The Morgan fingerprint density at radius 3 is 1.57 bits per heavy atom. The molecule has 2 aliphatic carbocycles. The zero-order valence-electron chi connectivity index (χ0n) is 19.8. The van der Waals surface area contributed by atoms with Crippen LogP contribution in [0.4, 0.5) is 0 Å². The summed E-state index contributed by atoms with van der Waals surface area (Å²) < 4.78 is 14.5. The first kappa shape index (κ1) is 26.1. The van der Waals surface area contributed by atoms with Crippen molar-refractivity contribution in [2.24, 2.45) is 0 Å². The number of ether oxygens (including phenoxy) is 1. The second kappa shape index (κ2) is 11.7. The molecule has 2 amide bonds. The van der Waals surface area contributed by atoms with Gasteiger partial charge in [-0.05, 0) is 37.8 Å². The lowest BCUT2D eigenvalue weighted by molar-refractivity contribution is -0.149. The van der Waals surface area contributed by atoms with E-state index in [4.69, 9.17) is 13.6 Å². The van der Waals surface area contributed by atoms with Gasteiger partial charge in [0.25, 0.3) is 11.8 Å². The van der Waals surface area contributed by atoms with E-state index < -0.39 is 17.0 Å². The van der Waals surface area contributed by atoms with Crippen molar-refractivity contribution in [1.29, 1.82) is 0 Å². The van der Waals surface area contributed by atoms with Crippen LogP contribution in [0.2, 0.25) is 0 Å². The maximum absolute atomic E-state index is 12.0. The Morgan fingerprint density at radius 2 is 1.20 bits per heavy atom. The molecule has 3 N–H and O–H groups in total. The SMILES string of the molecule is COC(=O)C1(NC(=O)c2ccoc2)CCCCC1.O=C(NC1(C(=O)O)CCCCC1)c1ccoc1. The van der Waals surface area contributed by atoms with Crippen LogP contribution in [0.1, 0.15) is 84.9 Å². The van der Waals surface area contributed by atoms with Crippen molar-refractivity contribution in [3.63, 3.8) is 0 Å². The highest BCUT2D eigenvalue weighted by Crippen LogP contribution is 2.30. The third-order valence-corrected chi connectivity index (χ3v) is 6.67. The van der Waals surface area contributed by atoms with E-state index in [0.717, 1.165) is 38.5 Å². The van der Waals surface area contributed by atoms with Crippen LogP contribution in [0.5, 0.6) is 0 Å². The number of hydrogen-bond donors (Lipinski definition) is 3. The molecule has 190 valence electrons. The molecule has 10 nitrogen and oxygen atoms in total. The van der Waals surface area contributed by atoms with E-state index in [-0.39, 0.29) is 17.8 Å². The topological polar surface area (TPSA) is 148 Å². The smallest absolute Gasteiger partial charge is 0.331 e. The normalized spacial score (nSPS) is 18.3. The zero-order valence-corrected chi connectivity index (χ0v) is 19.8. The van der Waals surface area contributed by atoms with Crippen molar-refractivity contribution >= 4 is 23.8 Å². The number of aliphatic carboxylic acids is 1. The number of carboxylic acid groups (broad SMARTS) is 1. The summed E-state index contributed by atoms with van der Waals surface area (Å²) in [5, 5.41) is 14.7. The Kier molecular flexibility index (Phi) is 8.73. The first-order valence-corrected chi connectivity index (χ1v) is 11.8. The largest absolute Gasteiger partial charge is 0.480 e. The summed E-state index contributed by atoms with van der Waals surface area (Å²) in [5.41, 5.74) is -1.20. The van der Waals surface area contributed by atoms with Crippen molar-refractivity contribution in [2.75, 3.05) is 7.11 Å². The summed E-state index contributed by atoms with van der Waals surface area (Å²) in [6.07, 6.45) is 13.3. The lowest BCUT2D eigenvalue weighted by atomic mass is 9.81. The molecule has 0 atom stereocenters. The first-order chi connectivity index (χ1) is 16.8. The summed E-state index contributed by atoms with van der Waals surface area (Å²) in [7, 11) is 1.35. The third kappa shape index (κ3) is 6.32. The van der Waals surface area contributed by atoms with E-state index in [1.54, 1.807) is 6.07 Å². The van der Waals surface area contributed by atoms with Gasteiger partial charge in [0, 0.05) is 0 Å². The number of esters is 1. The predicted octanol–water partition coefficient (Wildman–Crippen LogP) is 3.68. The molecular weight excluding hydrogens is 456 g/mol. The van der Waals surface area contributed by atoms with Crippen LogP contribution in [0.25, 0.3) is 0 Å². The number of carboxylic acids is 1. The Bertz CT molecular complexity index is 985. The highest BCUT2D eigenvalue weighted by molar-refractivity contribution is 5.98. The molecule has 0 aromatic carbocycles. The van der Waals surface area contributed by atoms with Gasteiger partial charge in [0.2, 0.25) is 0 Å². The summed E-state index contributed by atoms with van der Waals surface area (Å²) in [6, 6.07) is 3.09. The molecule has 2 heterocycles. The molecule has 2 aromatic rings. The Morgan fingerprint density at radius 1 is 0.771 bits per heavy atom. The summed E-state index contributed by atoms with van der Waals surface area (Å²) in [4.78, 5) is 47.1. The number of amides is 2. The maximum Gasteiger partial charge on any atom is 0.331 e. The quantitative estimate of drug-likeness (QED) is 0.522. The minimum absolute atomic E-state index is 0.295. The molecule has 10 heteroatoms. The van der Waals surface area contributed by atoms with Crippen molar-refractivity contribution in [3.8, 4) is 0 Å².